The Morgan fingerprint density at radius 1 is 0.818 bits per heavy atom. The standard InChI is InChI=1S/C30H36NP2/c1-5-7-22-31-32(25(4)28-20-14-15-21-29(28)30(32)6-2)23-24(3)33(31,26-16-10-8-11-17-26)27-18-12-9-13-19-27/h8-21,23,25,30H,3,5-7,22H2,1-2,4H3/q+1/t25-,30+,32?/m1/s1. The Labute approximate surface area is 201 Å². The van der Waals surface area contributed by atoms with Crippen LogP contribution in [0.15, 0.2) is 96.8 Å². The van der Waals surface area contributed by atoms with E-state index in [0.717, 1.165) is 6.54 Å². The van der Waals surface area contributed by atoms with Crippen molar-refractivity contribution in [2.24, 2.45) is 0 Å². The van der Waals surface area contributed by atoms with Gasteiger partial charge >= 0.3 is 0 Å². The fourth-order valence-electron chi connectivity index (χ4n) is 6.41. The summed E-state index contributed by atoms with van der Waals surface area (Å²) in [6, 6.07) is 32.0. The second-order valence-corrected chi connectivity index (χ2v) is 16.8. The van der Waals surface area contributed by atoms with E-state index in [-0.39, 0.29) is 0 Å². The summed E-state index contributed by atoms with van der Waals surface area (Å²) in [5, 5.41) is 4.30. The third-order valence-corrected chi connectivity index (χ3v) is 18.6. The Bertz CT molecular complexity index is 1160. The number of unbranched alkanes of at least 4 members (excludes halogenated alkanes) is 1. The van der Waals surface area contributed by atoms with Crippen molar-refractivity contribution in [2.45, 2.75) is 51.4 Å². The van der Waals surface area contributed by atoms with Gasteiger partial charge in [-0.15, -0.1) is 4.44 Å². The first-order valence-corrected chi connectivity index (χ1v) is 16.1. The fourth-order valence-corrected chi connectivity index (χ4v) is 19.6. The van der Waals surface area contributed by atoms with Crippen LogP contribution in [0, 0.1) is 0 Å². The quantitative estimate of drug-likeness (QED) is 0.327. The van der Waals surface area contributed by atoms with Crippen molar-refractivity contribution in [2.75, 3.05) is 6.54 Å². The molecule has 3 aromatic rings. The van der Waals surface area contributed by atoms with Gasteiger partial charge in [0.15, 0.2) is 7.41 Å². The molecule has 5 rings (SSSR count). The highest BCUT2D eigenvalue weighted by atomic mass is 31.2. The first-order chi connectivity index (χ1) is 16.1. The molecule has 0 aliphatic carbocycles. The van der Waals surface area contributed by atoms with Gasteiger partial charge in [-0.2, -0.15) is 0 Å². The molecule has 1 unspecified atom stereocenters. The molecule has 0 saturated heterocycles. The molecule has 2 aliphatic rings. The van der Waals surface area contributed by atoms with Crippen molar-refractivity contribution < 1.29 is 0 Å². The van der Waals surface area contributed by atoms with Crippen LogP contribution >= 0.6 is 14.4 Å². The van der Waals surface area contributed by atoms with Gasteiger partial charge in [0.2, 0.25) is 0 Å². The third-order valence-electron chi connectivity index (χ3n) is 7.80. The second kappa shape index (κ2) is 9.03. The molecule has 0 fully saturated rings. The van der Waals surface area contributed by atoms with Gasteiger partial charge in [0.05, 0.1) is 0 Å². The minimum Gasteiger partial charge on any atom is -0.146 e. The lowest BCUT2D eigenvalue weighted by molar-refractivity contribution is 0.621. The molecule has 2 aliphatic heterocycles. The first kappa shape index (κ1) is 22.9. The van der Waals surface area contributed by atoms with Crippen LogP contribution in [0.5, 0.6) is 0 Å². The molecule has 0 radical (unpaired) electrons. The van der Waals surface area contributed by atoms with E-state index in [0.29, 0.717) is 11.3 Å². The summed E-state index contributed by atoms with van der Waals surface area (Å²) in [5.74, 6) is 2.73. The van der Waals surface area contributed by atoms with Gasteiger partial charge in [-0.1, -0.05) is 94.4 Å². The Morgan fingerprint density at radius 3 is 1.91 bits per heavy atom. The van der Waals surface area contributed by atoms with Gasteiger partial charge in [0.1, 0.15) is 15.9 Å². The molecule has 0 N–H and O–H groups in total. The lowest BCUT2D eigenvalue weighted by Gasteiger charge is -2.42. The van der Waals surface area contributed by atoms with Crippen molar-refractivity contribution >= 4 is 30.9 Å². The van der Waals surface area contributed by atoms with Crippen molar-refractivity contribution in [1.82, 2.24) is 4.44 Å². The maximum Gasteiger partial charge on any atom is 0.184 e. The highest BCUT2D eigenvalue weighted by Gasteiger charge is 2.65. The fraction of sp³-hybridized carbons (Fsp3) is 0.300. The maximum absolute atomic E-state index is 4.88. The minimum absolute atomic E-state index is 0.543. The monoisotopic (exact) mass is 472 g/mol. The molecule has 2 heterocycles. The summed E-state index contributed by atoms with van der Waals surface area (Å²) in [7, 11) is -3.65. The lowest BCUT2D eigenvalue weighted by atomic mass is 10.0. The molecule has 0 bridgehead atoms. The zero-order chi connectivity index (χ0) is 23.1. The summed E-state index contributed by atoms with van der Waals surface area (Å²) in [4.78, 5) is 0. The van der Waals surface area contributed by atoms with Gasteiger partial charge in [-0.25, -0.2) is 0 Å². The molecule has 0 saturated carbocycles. The molecule has 3 atom stereocenters. The smallest absolute Gasteiger partial charge is 0.146 e. The molecule has 1 nitrogen and oxygen atoms in total. The molecule has 170 valence electrons. The summed E-state index contributed by atoms with van der Waals surface area (Å²) in [5.41, 5.74) is 4.30. The van der Waals surface area contributed by atoms with E-state index in [4.69, 9.17) is 6.58 Å². The second-order valence-electron chi connectivity index (χ2n) is 9.40. The number of allylic oxidation sites excluding steroid dienone is 1. The molecule has 33 heavy (non-hydrogen) atoms. The van der Waals surface area contributed by atoms with Crippen LogP contribution in [0.2, 0.25) is 0 Å². The molecule has 0 aromatic heterocycles. The van der Waals surface area contributed by atoms with Crippen LogP contribution in [-0.4, -0.2) is 16.8 Å². The number of hydrogen-bond donors (Lipinski definition) is 0. The van der Waals surface area contributed by atoms with Crippen LogP contribution in [-0.2, 0) is 0 Å². The van der Waals surface area contributed by atoms with Crippen molar-refractivity contribution in [3.63, 3.8) is 0 Å². The summed E-state index contributed by atoms with van der Waals surface area (Å²) < 4.78 is 3.08. The predicted molar refractivity (Wildman–Crippen MR) is 151 cm³/mol. The zero-order valence-electron chi connectivity index (χ0n) is 20.2. The average molecular weight is 473 g/mol. The SMILES string of the molecule is C=C1C=P2([C@H](C)c3ccccc3[C@@H]2CC)N(CCCC)[P+]1(c1ccccc1)c1ccccc1. The normalized spacial score (nSPS) is 25.8. The number of nitrogens with zero attached hydrogens (tertiary/aromatic N) is 1. The topological polar surface area (TPSA) is 3.24 Å². The van der Waals surface area contributed by atoms with Gasteiger partial charge < -0.3 is 0 Å². The van der Waals surface area contributed by atoms with E-state index in [9.17, 15) is 0 Å². The first-order valence-electron chi connectivity index (χ1n) is 12.4. The van der Waals surface area contributed by atoms with E-state index in [2.05, 4.69) is 116 Å². The summed E-state index contributed by atoms with van der Waals surface area (Å²) >= 11 is 0. The van der Waals surface area contributed by atoms with Crippen molar-refractivity contribution in [3.8, 4) is 0 Å². The van der Waals surface area contributed by atoms with Gasteiger partial charge in [-0.3, -0.25) is 0 Å². The Hall–Kier alpha value is -1.91. The van der Waals surface area contributed by atoms with Crippen LogP contribution in [0.3, 0.4) is 0 Å². The molecule has 0 amide bonds. The largest absolute Gasteiger partial charge is 0.184 e. The van der Waals surface area contributed by atoms with Gasteiger partial charge in [-0.05, 0) is 54.0 Å². The molecule has 3 aromatic carbocycles. The molecular weight excluding hydrogens is 436 g/mol. The zero-order valence-corrected chi connectivity index (χ0v) is 22.0. The number of rotatable bonds is 6. The van der Waals surface area contributed by atoms with E-state index >= 15 is 0 Å². The van der Waals surface area contributed by atoms with E-state index in [1.54, 1.807) is 11.1 Å². The Balaban J connectivity index is 1.83. The molecule has 1 spiro atoms. The van der Waals surface area contributed by atoms with E-state index < -0.39 is 14.4 Å². The Morgan fingerprint density at radius 2 is 1.36 bits per heavy atom. The number of hydrogen-bond acceptors (Lipinski definition) is 1. The number of fused-ring (bicyclic) bond motifs is 1. The third kappa shape index (κ3) is 3.20. The van der Waals surface area contributed by atoms with Crippen LogP contribution in [0.1, 0.15) is 62.5 Å². The maximum atomic E-state index is 4.88. The van der Waals surface area contributed by atoms with Crippen LogP contribution in [0.4, 0.5) is 0 Å². The lowest BCUT2D eigenvalue weighted by Crippen LogP contribution is -2.34. The average Bonchev–Trinajstić information content (AvgIpc) is 3.26. The number of benzene rings is 3. The van der Waals surface area contributed by atoms with Gasteiger partial charge in [0, 0.05) is 24.9 Å². The van der Waals surface area contributed by atoms with E-state index in [1.807, 2.05) is 0 Å². The Kier molecular flexibility index (Phi) is 6.26. The minimum atomic E-state index is -1.98. The van der Waals surface area contributed by atoms with Crippen molar-refractivity contribution in [1.29, 1.82) is 0 Å². The molecule has 3 heteroatoms. The van der Waals surface area contributed by atoms with Gasteiger partial charge in [0.25, 0.3) is 0 Å². The molecular formula is C30H36NP2+. The van der Waals surface area contributed by atoms with Crippen LogP contribution < -0.4 is 10.6 Å². The highest BCUT2D eigenvalue weighted by molar-refractivity contribution is 8.02. The van der Waals surface area contributed by atoms with Crippen LogP contribution in [0.25, 0.3) is 0 Å². The highest BCUT2D eigenvalue weighted by Crippen LogP contribution is 2.91. The van der Waals surface area contributed by atoms with E-state index in [1.165, 1.54) is 35.2 Å². The summed E-state index contributed by atoms with van der Waals surface area (Å²) in [6.07, 6.45) is 3.62. The predicted octanol–water partition coefficient (Wildman–Crippen LogP) is 8.16. The van der Waals surface area contributed by atoms with Crippen molar-refractivity contribution in [3.05, 3.63) is 108 Å². The summed E-state index contributed by atoms with van der Waals surface area (Å²) in [6.45, 7) is 13.3.